The molecule has 1 saturated heterocycles. The summed E-state index contributed by atoms with van der Waals surface area (Å²) in [5, 5.41) is 6.84. The van der Waals surface area contributed by atoms with Crippen LogP contribution in [0.2, 0.25) is 0 Å². The summed E-state index contributed by atoms with van der Waals surface area (Å²) < 4.78 is 5.47. The van der Waals surface area contributed by atoms with Crippen LogP contribution in [0.15, 0.2) is 59.6 Å². The second kappa shape index (κ2) is 12.2. The number of hydrogen-bond donors (Lipinski definition) is 2. The second-order valence-electron chi connectivity index (χ2n) is 7.37. The molecule has 0 unspecified atom stereocenters. The highest BCUT2D eigenvalue weighted by atomic mass is 16.5. The maximum Gasteiger partial charge on any atom is 0.191 e. The van der Waals surface area contributed by atoms with Gasteiger partial charge in [-0.15, -0.1) is 0 Å². The summed E-state index contributed by atoms with van der Waals surface area (Å²) in [6, 6.07) is 19.3. The number of rotatable bonds is 9. The number of nitrogens with zero attached hydrogens (tertiary/aromatic N) is 2. The zero-order valence-corrected chi connectivity index (χ0v) is 17.6. The lowest BCUT2D eigenvalue weighted by molar-refractivity contribution is 0.0341. The first-order chi connectivity index (χ1) is 14.3. The number of hydrogen-bond acceptors (Lipinski definition) is 3. The average Bonchev–Trinajstić information content (AvgIpc) is 2.77. The van der Waals surface area contributed by atoms with Crippen molar-refractivity contribution in [3.8, 4) is 0 Å². The van der Waals surface area contributed by atoms with Crippen molar-refractivity contribution in [2.45, 2.75) is 32.9 Å². The van der Waals surface area contributed by atoms with Crippen molar-refractivity contribution in [2.75, 3.05) is 39.4 Å². The molecule has 0 saturated carbocycles. The number of nitrogens with one attached hydrogen (secondary N) is 2. The van der Waals surface area contributed by atoms with Gasteiger partial charge in [0.25, 0.3) is 0 Å². The summed E-state index contributed by atoms with van der Waals surface area (Å²) in [6.45, 7) is 9.20. The highest BCUT2D eigenvalue weighted by molar-refractivity contribution is 5.79. The van der Waals surface area contributed by atoms with Crippen molar-refractivity contribution in [1.29, 1.82) is 0 Å². The molecule has 5 heteroatoms. The maximum absolute atomic E-state index is 5.47. The molecule has 3 rings (SSSR count). The number of aliphatic imine (C=N–C) groups is 1. The third kappa shape index (κ3) is 7.52. The van der Waals surface area contributed by atoms with Gasteiger partial charge in [-0.1, -0.05) is 54.6 Å². The van der Waals surface area contributed by atoms with E-state index in [4.69, 9.17) is 9.73 Å². The van der Waals surface area contributed by atoms with Crippen molar-refractivity contribution < 1.29 is 4.74 Å². The number of morpholine rings is 1. The Labute approximate surface area is 175 Å². The molecular formula is C24H34N4O. The number of aryl methyl sites for hydroxylation is 1. The molecule has 0 spiro atoms. The Hall–Kier alpha value is -2.37. The lowest BCUT2D eigenvalue weighted by atomic mass is 10.1. The lowest BCUT2D eigenvalue weighted by Gasteiger charge is -2.27. The van der Waals surface area contributed by atoms with E-state index in [1.165, 1.54) is 16.7 Å². The Balaban J connectivity index is 1.52. The highest BCUT2D eigenvalue weighted by Gasteiger charge is 2.12. The van der Waals surface area contributed by atoms with Crippen molar-refractivity contribution >= 4 is 5.96 Å². The predicted molar refractivity (Wildman–Crippen MR) is 120 cm³/mol. The molecule has 0 aromatic heterocycles. The van der Waals surface area contributed by atoms with Gasteiger partial charge >= 0.3 is 0 Å². The van der Waals surface area contributed by atoms with E-state index in [2.05, 4.69) is 77.1 Å². The fraction of sp³-hybridized carbons (Fsp3) is 0.458. The third-order valence-electron chi connectivity index (χ3n) is 5.15. The van der Waals surface area contributed by atoms with E-state index in [1.54, 1.807) is 0 Å². The van der Waals surface area contributed by atoms with Gasteiger partial charge in [-0.05, 0) is 36.5 Å². The SMILES string of the molecule is CCNC(=NCc1ccccc1CN1CCOCC1)NCCCc1ccccc1. The minimum Gasteiger partial charge on any atom is -0.379 e. The zero-order valence-electron chi connectivity index (χ0n) is 17.6. The molecule has 1 fully saturated rings. The highest BCUT2D eigenvalue weighted by Crippen LogP contribution is 2.14. The van der Waals surface area contributed by atoms with E-state index in [9.17, 15) is 0 Å². The smallest absolute Gasteiger partial charge is 0.191 e. The molecule has 2 aromatic carbocycles. The van der Waals surface area contributed by atoms with E-state index in [-0.39, 0.29) is 0 Å². The summed E-state index contributed by atoms with van der Waals surface area (Å²) in [6.07, 6.45) is 2.16. The molecule has 0 amide bonds. The van der Waals surface area contributed by atoms with Crippen LogP contribution in [-0.2, 0) is 24.2 Å². The Bertz CT molecular complexity index is 742. The fourth-order valence-corrected chi connectivity index (χ4v) is 3.52. The van der Waals surface area contributed by atoms with Gasteiger partial charge in [0, 0.05) is 32.7 Å². The van der Waals surface area contributed by atoms with E-state index in [0.717, 1.165) is 64.7 Å². The summed E-state index contributed by atoms with van der Waals surface area (Å²) in [5.74, 6) is 0.890. The zero-order chi connectivity index (χ0) is 20.2. The normalized spacial score (nSPS) is 15.3. The van der Waals surface area contributed by atoms with Gasteiger partial charge in [-0.25, -0.2) is 4.99 Å². The molecule has 0 atom stereocenters. The molecule has 1 aliphatic rings. The first kappa shape index (κ1) is 21.3. The van der Waals surface area contributed by atoms with Crippen molar-refractivity contribution in [1.82, 2.24) is 15.5 Å². The summed E-state index contributed by atoms with van der Waals surface area (Å²) in [5.41, 5.74) is 4.03. The summed E-state index contributed by atoms with van der Waals surface area (Å²) >= 11 is 0. The second-order valence-corrected chi connectivity index (χ2v) is 7.37. The van der Waals surface area contributed by atoms with Gasteiger partial charge in [0.05, 0.1) is 19.8 Å². The monoisotopic (exact) mass is 394 g/mol. The van der Waals surface area contributed by atoms with Crippen LogP contribution in [0.5, 0.6) is 0 Å². The predicted octanol–water partition coefficient (Wildman–Crippen LogP) is 3.21. The van der Waals surface area contributed by atoms with Crippen LogP contribution in [-0.4, -0.2) is 50.3 Å². The van der Waals surface area contributed by atoms with Crippen LogP contribution in [0.1, 0.15) is 30.0 Å². The first-order valence-corrected chi connectivity index (χ1v) is 10.8. The topological polar surface area (TPSA) is 48.9 Å². The van der Waals surface area contributed by atoms with E-state index in [0.29, 0.717) is 6.54 Å². The largest absolute Gasteiger partial charge is 0.379 e. The standard InChI is InChI=1S/C24H34N4O/c1-2-25-24(26-14-8-11-21-9-4-3-5-10-21)27-19-22-12-6-7-13-23(22)20-28-15-17-29-18-16-28/h3-7,9-10,12-13H,2,8,11,14-20H2,1H3,(H2,25,26,27). The molecule has 29 heavy (non-hydrogen) atoms. The van der Waals surface area contributed by atoms with E-state index < -0.39 is 0 Å². The average molecular weight is 395 g/mol. The lowest BCUT2D eigenvalue weighted by Crippen LogP contribution is -2.38. The Morgan fingerprint density at radius 2 is 1.69 bits per heavy atom. The molecule has 1 heterocycles. The van der Waals surface area contributed by atoms with E-state index in [1.807, 2.05) is 0 Å². The number of guanidine groups is 1. The molecule has 0 aliphatic carbocycles. The summed E-state index contributed by atoms with van der Waals surface area (Å²) in [7, 11) is 0. The molecule has 2 aromatic rings. The summed E-state index contributed by atoms with van der Waals surface area (Å²) in [4.78, 5) is 7.29. The first-order valence-electron chi connectivity index (χ1n) is 10.8. The third-order valence-corrected chi connectivity index (χ3v) is 5.15. The van der Waals surface area contributed by atoms with Crippen molar-refractivity contribution in [2.24, 2.45) is 4.99 Å². The van der Waals surface area contributed by atoms with Gasteiger partial charge < -0.3 is 15.4 Å². The molecule has 0 radical (unpaired) electrons. The molecule has 1 aliphatic heterocycles. The Morgan fingerprint density at radius 3 is 2.45 bits per heavy atom. The van der Waals surface area contributed by atoms with Crippen LogP contribution in [0.25, 0.3) is 0 Å². The van der Waals surface area contributed by atoms with Gasteiger partial charge in [-0.2, -0.15) is 0 Å². The fourth-order valence-electron chi connectivity index (χ4n) is 3.52. The van der Waals surface area contributed by atoms with Gasteiger partial charge in [0.2, 0.25) is 0 Å². The van der Waals surface area contributed by atoms with E-state index >= 15 is 0 Å². The molecular weight excluding hydrogens is 360 g/mol. The number of benzene rings is 2. The van der Waals surface area contributed by atoms with Crippen LogP contribution in [0, 0.1) is 0 Å². The Kier molecular flexibility index (Phi) is 9.01. The van der Waals surface area contributed by atoms with Gasteiger partial charge in [0.1, 0.15) is 0 Å². The van der Waals surface area contributed by atoms with Crippen LogP contribution < -0.4 is 10.6 Å². The van der Waals surface area contributed by atoms with Crippen LogP contribution in [0.4, 0.5) is 0 Å². The quantitative estimate of drug-likeness (QED) is 0.390. The Morgan fingerprint density at radius 1 is 0.966 bits per heavy atom. The number of ether oxygens (including phenoxy) is 1. The minimum atomic E-state index is 0.689. The van der Waals surface area contributed by atoms with Gasteiger partial charge in [-0.3, -0.25) is 4.90 Å². The van der Waals surface area contributed by atoms with Crippen LogP contribution >= 0.6 is 0 Å². The maximum atomic E-state index is 5.47. The molecule has 5 nitrogen and oxygen atoms in total. The minimum absolute atomic E-state index is 0.689. The molecule has 2 N–H and O–H groups in total. The molecule has 156 valence electrons. The van der Waals surface area contributed by atoms with Crippen LogP contribution in [0.3, 0.4) is 0 Å². The van der Waals surface area contributed by atoms with Crippen molar-refractivity contribution in [3.63, 3.8) is 0 Å². The molecule has 0 bridgehead atoms. The van der Waals surface area contributed by atoms with Crippen molar-refractivity contribution in [3.05, 3.63) is 71.3 Å². The van der Waals surface area contributed by atoms with Gasteiger partial charge in [0.15, 0.2) is 5.96 Å².